The summed E-state index contributed by atoms with van der Waals surface area (Å²) < 4.78 is 11.2. The standard InChI is InChI=1S/C21H27N5O2/c1-5-22-21(24-12-19-25-15(3)16(4)28-19)23-11-10-18-13-27-20(26-18)17-8-6-14(2)7-9-17/h6-9,13H,5,10-12H2,1-4H3,(H2,22,23,24). The molecular formula is C21H27N5O2. The highest BCUT2D eigenvalue weighted by Crippen LogP contribution is 2.19. The van der Waals surface area contributed by atoms with Crippen LogP contribution in [0.4, 0.5) is 0 Å². The number of guanidine groups is 1. The zero-order valence-corrected chi connectivity index (χ0v) is 16.9. The lowest BCUT2D eigenvalue weighted by atomic mass is 10.1. The predicted molar refractivity (Wildman–Crippen MR) is 109 cm³/mol. The molecule has 0 saturated heterocycles. The summed E-state index contributed by atoms with van der Waals surface area (Å²) in [6, 6.07) is 8.14. The Kier molecular flexibility index (Phi) is 6.47. The minimum Gasteiger partial charge on any atom is -0.444 e. The first-order valence-corrected chi connectivity index (χ1v) is 9.51. The lowest BCUT2D eigenvalue weighted by Gasteiger charge is -2.09. The Balaban J connectivity index is 1.54. The van der Waals surface area contributed by atoms with Gasteiger partial charge in [-0.25, -0.2) is 15.0 Å². The van der Waals surface area contributed by atoms with Crippen LogP contribution >= 0.6 is 0 Å². The molecule has 0 aliphatic heterocycles. The van der Waals surface area contributed by atoms with Gasteiger partial charge in [0.15, 0.2) is 5.96 Å². The van der Waals surface area contributed by atoms with Crippen LogP contribution in [0.25, 0.3) is 11.5 Å². The van der Waals surface area contributed by atoms with Crippen LogP contribution in [0, 0.1) is 20.8 Å². The third-order valence-electron chi connectivity index (χ3n) is 4.31. The molecule has 0 bridgehead atoms. The van der Waals surface area contributed by atoms with Crippen molar-refractivity contribution in [1.29, 1.82) is 0 Å². The molecule has 2 N–H and O–H groups in total. The lowest BCUT2D eigenvalue weighted by molar-refractivity contribution is 0.473. The number of hydrogen-bond acceptors (Lipinski definition) is 5. The Labute approximate surface area is 165 Å². The molecule has 0 unspecified atom stereocenters. The Morgan fingerprint density at radius 1 is 1.07 bits per heavy atom. The molecule has 7 heteroatoms. The number of aryl methyl sites for hydroxylation is 3. The van der Waals surface area contributed by atoms with Crippen LogP contribution in [0.2, 0.25) is 0 Å². The van der Waals surface area contributed by atoms with E-state index in [1.807, 2.05) is 32.9 Å². The molecule has 2 aromatic heterocycles. The van der Waals surface area contributed by atoms with Gasteiger partial charge in [-0.2, -0.15) is 0 Å². The summed E-state index contributed by atoms with van der Waals surface area (Å²) in [6.07, 6.45) is 2.44. The third kappa shape index (κ3) is 5.22. The fraction of sp³-hybridized carbons (Fsp3) is 0.381. The monoisotopic (exact) mass is 381 g/mol. The van der Waals surface area contributed by atoms with Crippen molar-refractivity contribution in [1.82, 2.24) is 20.6 Å². The molecular weight excluding hydrogens is 354 g/mol. The van der Waals surface area contributed by atoms with Crippen molar-refractivity contribution < 1.29 is 8.83 Å². The summed E-state index contributed by atoms with van der Waals surface area (Å²) >= 11 is 0. The van der Waals surface area contributed by atoms with Crippen molar-refractivity contribution in [2.75, 3.05) is 13.1 Å². The molecule has 0 amide bonds. The van der Waals surface area contributed by atoms with E-state index >= 15 is 0 Å². The molecule has 3 rings (SSSR count). The number of aromatic nitrogens is 2. The van der Waals surface area contributed by atoms with Gasteiger partial charge in [0.2, 0.25) is 11.8 Å². The number of aliphatic imine (C=N–C) groups is 1. The van der Waals surface area contributed by atoms with Crippen molar-refractivity contribution in [2.24, 2.45) is 4.99 Å². The fourth-order valence-electron chi connectivity index (χ4n) is 2.65. The van der Waals surface area contributed by atoms with Crippen LogP contribution in [-0.4, -0.2) is 29.0 Å². The number of hydrogen-bond donors (Lipinski definition) is 2. The zero-order valence-electron chi connectivity index (χ0n) is 16.9. The van der Waals surface area contributed by atoms with E-state index in [2.05, 4.69) is 44.7 Å². The molecule has 3 aromatic rings. The van der Waals surface area contributed by atoms with Gasteiger partial charge >= 0.3 is 0 Å². The van der Waals surface area contributed by atoms with Crippen LogP contribution < -0.4 is 10.6 Å². The van der Waals surface area contributed by atoms with E-state index < -0.39 is 0 Å². The Bertz CT molecular complexity index is 905. The van der Waals surface area contributed by atoms with E-state index in [1.54, 1.807) is 6.26 Å². The second-order valence-corrected chi connectivity index (χ2v) is 6.63. The van der Waals surface area contributed by atoms with Crippen molar-refractivity contribution in [3.8, 4) is 11.5 Å². The van der Waals surface area contributed by atoms with Gasteiger partial charge in [-0.05, 0) is 39.8 Å². The number of nitrogens with zero attached hydrogens (tertiary/aromatic N) is 3. The van der Waals surface area contributed by atoms with Crippen molar-refractivity contribution in [3.63, 3.8) is 0 Å². The largest absolute Gasteiger partial charge is 0.444 e. The van der Waals surface area contributed by atoms with E-state index in [-0.39, 0.29) is 0 Å². The van der Waals surface area contributed by atoms with Gasteiger partial charge in [0, 0.05) is 25.1 Å². The smallest absolute Gasteiger partial charge is 0.226 e. The molecule has 28 heavy (non-hydrogen) atoms. The number of benzene rings is 1. The quantitative estimate of drug-likeness (QED) is 0.481. The van der Waals surface area contributed by atoms with Gasteiger partial charge in [0.25, 0.3) is 0 Å². The molecule has 0 atom stereocenters. The first-order valence-electron chi connectivity index (χ1n) is 9.51. The molecule has 7 nitrogen and oxygen atoms in total. The van der Waals surface area contributed by atoms with Gasteiger partial charge in [-0.1, -0.05) is 17.7 Å². The van der Waals surface area contributed by atoms with Crippen LogP contribution in [0.3, 0.4) is 0 Å². The minimum absolute atomic E-state index is 0.394. The second kappa shape index (κ2) is 9.21. The van der Waals surface area contributed by atoms with E-state index in [4.69, 9.17) is 8.83 Å². The molecule has 0 aliphatic rings. The van der Waals surface area contributed by atoms with E-state index in [0.29, 0.717) is 24.9 Å². The van der Waals surface area contributed by atoms with E-state index in [1.165, 1.54) is 5.56 Å². The van der Waals surface area contributed by atoms with Gasteiger partial charge in [0.1, 0.15) is 18.6 Å². The average molecular weight is 381 g/mol. The Hall–Kier alpha value is -3.09. The van der Waals surface area contributed by atoms with Crippen LogP contribution in [0.15, 0.2) is 44.4 Å². The highest BCUT2D eigenvalue weighted by molar-refractivity contribution is 5.79. The van der Waals surface area contributed by atoms with Gasteiger partial charge < -0.3 is 19.5 Å². The molecule has 0 fully saturated rings. The number of oxazole rings is 2. The highest BCUT2D eigenvalue weighted by atomic mass is 16.4. The van der Waals surface area contributed by atoms with E-state index in [9.17, 15) is 0 Å². The summed E-state index contributed by atoms with van der Waals surface area (Å²) in [4.78, 5) is 13.4. The van der Waals surface area contributed by atoms with Crippen molar-refractivity contribution in [2.45, 2.75) is 40.7 Å². The molecule has 0 spiro atoms. The summed E-state index contributed by atoms with van der Waals surface area (Å²) in [6.45, 7) is 9.78. The maximum Gasteiger partial charge on any atom is 0.226 e. The molecule has 148 valence electrons. The Morgan fingerprint density at radius 2 is 1.86 bits per heavy atom. The van der Waals surface area contributed by atoms with Gasteiger partial charge in [-0.15, -0.1) is 0 Å². The fourth-order valence-corrected chi connectivity index (χ4v) is 2.65. The second-order valence-electron chi connectivity index (χ2n) is 6.63. The molecule has 0 aliphatic carbocycles. The predicted octanol–water partition coefficient (Wildman–Crippen LogP) is 3.55. The van der Waals surface area contributed by atoms with Crippen LogP contribution in [0.5, 0.6) is 0 Å². The molecule has 2 heterocycles. The highest BCUT2D eigenvalue weighted by Gasteiger charge is 2.08. The summed E-state index contributed by atoms with van der Waals surface area (Å²) in [5.74, 6) is 2.81. The maximum absolute atomic E-state index is 5.61. The third-order valence-corrected chi connectivity index (χ3v) is 4.31. The molecule has 0 saturated carbocycles. The first-order chi connectivity index (χ1) is 13.5. The van der Waals surface area contributed by atoms with Gasteiger partial charge in [0.05, 0.1) is 11.4 Å². The van der Waals surface area contributed by atoms with E-state index in [0.717, 1.165) is 41.6 Å². The summed E-state index contributed by atoms with van der Waals surface area (Å²) in [7, 11) is 0. The lowest BCUT2D eigenvalue weighted by Crippen LogP contribution is -2.38. The topological polar surface area (TPSA) is 88.5 Å². The molecule has 0 radical (unpaired) electrons. The normalized spacial score (nSPS) is 11.6. The van der Waals surface area contributed by atoms with Gasteiger partial charge in [-0.3, -0.25) is 0 Å². The van der Waals surface area contributed by atoms with Crippen LogP contribution in [-0.2, 0) is 13.0 Å². The number of rotatable bonds is 7. The van der Waals surface area contributed by atoms with Crippen molar-refractivity contribution >= 4 is 5.96 Å². The first kappa shape index (κ1) is 19.7. The molecule has 1 aromatic carbocycles. The number of nitrogens with one attached hydrogen (secondary N) is 2. The Morgan fingerprint density at radius 3 is 2.54 bits per heavy atom. The minimum atomic E-state index is 0.394. The average Bonchev–Trinajstić information content (AvgIpc) is 3.27. The van der Waals surface area contributed by atoms with Crippen LogP contribution in [0.1, 0.15) is 35.5 Å². The van der Waals surface area contributed by atoms with Crippen molar-refractivity contribution in [3.05, 3.63) is 59.1 Å². The zero-order chi connectivity index (χ0) is 19.9. The summed E-state index contributed by atoms with van der Waals surface area (Å²) in [5, 5.41) is 6.53. The SMILES string of the molecule is CCNC(=NCc1nc(C)c(C)o1)NCCc1coc(-c2ccc(C)cc2)n1. The maximum atomic E-state index is 5.61. The summed E-state index contributed by atoms with van der Waals surface area (Å²) in [5.41, 5.74) is 4.00.